The SMILES string of the molecule is C[C@@H](C(=O)Nc1ccc(F)c(F)c1F)N1CCCCCC1. The van der Waals surface area contributed by atoms with Crippen LogP contribution in [0.4, 0.5) is 18.9 Å². The van der Waals surface area contributed by atoms with Crippen LogP contribution in [0.15, 0.2) is 12.1 Å². The molecule has 0 bridgehead atoms. The lowest BCUT2D eigenvalue weighted by molar-refractivity contribution is -0.120. The highest BCUT2D eigenvalue weighted by molar-refractivity contribution is 5.94. The zero-order valence-electron chi connectivity index (χ0n) is 12.0. The molecular formula is C15H19F3N2O. The van der Waals surface area contributed by atoms with Gasteiger partial charge in [-0.15, -0.1) is 0 Å². The van der Waals surface area contributed by atoms with Crippen LogP contribution in [0.25, 0.3) is 0 Å². The summed E-state index contributed by atoms with van der Waals surface area (Å²) in [6.07, 6.45) is 4.33. The second-order valence-corrected chi connectivity index (χ2v) is 5.34. The second kappa shape index (κ2) is 6.93. The van der Waals surface area contributed by atoms with Gasteiger partial charge in [-0.05, 0) is 45.0 Å². The molecule has 0 spiro atoms. The molecular weight excluding hydrogens is 281 g/mol. The maximum atomic E-state index is 13.6. The summed E-state index contributed by atoms with van der Waals surface area (Å²) in [6, 6.07) is 1.39. The Morgan fingerprint density at radius 3 is 2.33 bits per heavy atom. The van der Waals surface area contributed by atoms with Gasteiger partial charge in [0.05, 0.1) is 11.7 Å². The fraction of sp³-hybridized carbons (Fsp3) is 0.533. The van der Waals surface area contributed by atoms with Gasteiger partial charge >= 0.3 is 0 Å². The number of likely N-dealkylation sites (tertiary alicyclic amines) is 1. The normalized spacial score (nSPS) is 18.1. The molecule has 1 aliphatic rings. The molecule has 116 valence electrons. The summed E-state index contributed by atoms with van der Waals surface area (Å²) in [6.45, 7) is 3.36. The first-order valence-electron chi connectivity index (χ1n) is 7.19. The predicted octanol–water partition coefficient (Wildman–Crippen LogP) is 3.31. The number of nitrogens with one attached hydrogen (secondary N) is 1. The molecule has 1 saturated heterocycles. The van der Waals surface area contributed by atoms with Gasteiger partial charge in [0.1, 0.15) is 0 Å². The van der Waals surface area contributed by atoms with Crippen LogP contribution in [0.2, 0.25) is 0 Å². The van der Waals surface area contributed by atoms with E-state index in [1.165, 1.54) is 0 Å². The summed E-state index contributed by atoms with van der Waals surface area (Å²) >= 11 is 0. The van der Waals surface area contributed by atoms with E-state index < -0.39 is 29.4 Å². The molecule has 1 aliphatic heterocycles. The van der Waals surface area contributed by atoms with Crippen LogP contribution >= 0.6 is 0 Å². The summed E-state index contributed by atoms with van der Waals surface area (Å²) in [4.78, 5) is 14.2. The maximum Gasteiger partial charge on any atom is 0.241 e. The van der Waals surface area contributed by atoms with E-state index >= 15 is 0 Å². The van der Waals surface area contributed by atoms with E-state index in [-0.39, 0.29) is 5.69 Å². The first-order valence-corrected chi connectivity index (χ1v) is 7.19. The van der Waals surface area contributed by atoms with Crippen LogP contribution in [0.3, 0.4) is 0 Å². The molecule has 0 aliphatic carbocycles. The predicted molar refractivity (Wildman–Crippen MR) is 74.4 cm³/mol. The summed E-state index contributed by atoms with van der Waals surface area (Å²) in [7, 11) is 0. The van der Waals surface area contributed by atoms with E-state index in [0.717, 1.165) is 50.9 Å². The molecule has 0 radical (unpaired) electrons. The first kappa shape index (κ1) is 15.8. The lowest BCUT2D eigenvalue weighted by atomic mass is 10.2. The van der Waals surface area contributed by atoms with Crippen LogP contribution in [-0.4, -0.2) is 29.9 Å². The third-order valence-electron chi connectivity index (χ3n) is 3.86. The molecule has 1 fully saturated rings. The summed E-state index contributed by atoms with van der Waals surface area (Å²) in [5, 5.41) is 2.33. The highest BCUT2D eigenvalue weighted by atomic mass is 19.2. The molecule has 1 amide bonds. The van der Waals surface area contributed by atoms with Crippen molar-refractivity contribution in [3.8, 4) is 0 Å². The first-order chi connectivity index (χ1) is 10.0. The topological polar surface area (TPSA) is 32.3 Å². The van der Waals surface area contributed by atoms with Crippen LogP contribution in [-0.2, 0) is 4.79 Å². The maximum absolute atomic E-state index is 13.6. The van der Waals surface area contributed by atoms with Crippen molar-refractivity contribution in [1.29, 1.82) is 0 Å². The lowest BCUT2D eigenvalue weighted by Gasteiger charge is -2.26. The Kier molecular flexibility index (Phi) is 5.22. The number of carbonyl (C=O) groups excluding carboxylic acids is 1. The Morgan fingerprint density at radius 1 is 1.10 bits per heavy atom. The molecule has 6 heteroatoms. The van der Waals surface area contributed by atoms with Crippen molar-refractivity contribution in [2.75, 3.05) is 18.4 Å². The number of hydrogen-bond acceptors (Lipinski definition) is 2. The average molecular weight is 300 g/mol. The van der Waals surface area contributed by atoms with Crippen LogP contribution in [0.5, 0.6) is 0 Å². The van der Waals surface area contributed by atoms with Crippen LogP contribution in [0, 0.1) is 17.5 Å². The van der Waals surface area contributed by atoms with Crippen molar-refractivity contribution in [2.24, 2.45) is 0 Å². The van der Waals surface area contributed by atoms with Crippen molar-refractivity contribution in [1.82, 2.24) is 4.90 Å². The van der Waals surface area contributed by atoms with Gasteiger partial charge in [0, 0.05) is 0 Å². The number of nitrogens with zero attached hydrogens (tertiary/aromatic N) is 1. The highest BCUT2D eigenvalue weighted by Gasteiger charge is 2.23. The number of rotatable bonds is 3. The smallest absolute Gasteiger partial charge is 0.241 e. The van der Waals surface area contributed by atoms with Crippen molar-refractivity contribution >= 4 is 11.6 Å². The van der Waals surface area contributed by atoms with E-state index in [9.17, 15) is 18.0 Å². The minimum Gasteiger partial charge on any atom is -0.322 e. The second-order valence-electron chi connectivity index (χ2n) is 5.34. The van der Waals surface area contributed by atoms with Gasteiger partial charge in [0.25, 0.3) is 0 Å². The number of benzene rings is 1. The fourth-order valence-electron chi connectivity index (χ4n) is 2.51. The summed E-state index contributed by atoms with van der Waals surface area (Å²) < 4.78 is 39.5. The molecule has 1 aromatic carbocycles. The van der Waals surface area contributed by atoms with E-state index in [4.69, 9.17) is 0 Å². The molecule has 3 nitrogen and oxygen atoms in total. The number of halogens is 3. The summed E-state index contributed by atoms with van der Waals surface area (Å²) in [5.74, 6) is -4.63. The van der Waals surface area contributed by atoms with E-state index in [1.807, 2.05) is 4.90 Å². The van der Waals surface area contributed by atoms with Gasteiger partial charge < -0.3 is 5.32 Å². The minimum atomic E-state index is -1.57. The molecule has 1 atom stereocenters. The number of hydrogen-bond donors (Lipinski definition) is 1. The average Bonchev–Trinajstić information content (AvgIpc) is 2.76. The molecule has 0 unspecified atom stereocenters. The Morgan fingerprint density at radius 2 is 1.71 bits per heavy atom. The zero-order chi connectivity index (χ0) is 15.4. The van der Waals surface area contributed by atoms with Gasteiger partial charge in [-0.2, -0.15) is 0 Å². The van der Waals surface area contributed by atoms with Gasteiger partial charge in [-0.3, -0.25) is 9.69 Å². The van der Waals surface area contributed by atoms with Crippen molar-refractivity contribution in [2.45, 2.75) is 38.6 Å². The molecule has 0 aromatic heterocycles. The van der Waals surface area contributed by atoms with E-state index in [1.54, 1.807) is 6.92 Å². The lowest BCUT2D eigenvalue weighted by Crippen LogP contribution is -2.42. The number of anilines is 1. The van der Waals surface area contributed by atoms with Gasteiger partial charge in [0.15, 0.2) is 17.5 Å². The van der Waals surface area contributed by atoms with Gasteiger partial charge in [-0.1, -0.05) is 12.8 Å². The molecule has 0 saturated carbocycles. The molecule has 21 heavy (non-hydrogen) atoms. The highest BCUT2D eigenvalue weighted by Crippen LogP contribution is 2.20. The van der Waals surface area contributed by atoms with Crippen molar-refractivity contribution in [3.05, 3.63) is 29.6 Å². The third kappa shape index (κ3) is 3.75. The Hall–Kier alpha value is -1.56. The molecule has 1 aromatic rings. The molecule has 1 N–H and O–H groups in total. The van der Waals surface area contributed by atoms with Gasteiger partial charge in [0.2, 0.25) is 5.91 Å². The quantitative estimate of drug-likeness (QED) is 0.869. The molecule has 2 rings (SSSR count). The third-order valence-corrected chi connectivity index (χ3v) is 3.86. The Balaban J connectivity index is 2.05. The van der Waals surface area contributed by atoms with Crippen molar-refractivity contribution < 1.29 is 18.0 Å². The van der Waals surface area contributed by atoms with Crippen LogP contribution < -0.4 is 5.32 Å². The fourth-order valence-corrected chi connectivity index (χ4v) is 2.51. The van der Waals surface area contributed by atoms with E-state index in [2.05, 4.69) is 5.32 Å². The monoisotopic (exact) mass is 300 g/mol. The summed E-state index contributed by atoms with van der Waals surface area (Å²) in [5.41, 5.74) is -0.333. The molecule has 1 heterocycles. The number of amides is 1. The van der Waals surface area contributed by atoms with Gasteiger partial charge in [-0.25, -0.2) is 13.2 Å². The zero-order valence-corrected chi connectivity index (χ0v) is 12.0. The van der Waals surface area contributed by atoms with Crippen LogP contribution in [0.1, 0.15) is 32.6 Å². The van der Waals surface area contributed by atoms with Crippen molar-refractivity contribution in [3.63, 3.8) is 0 Å². The Bertz CT molecular complexity index is 514. The standard InChI is InChI=1S/C15H19F3N2O/c1-10(20-8-4-2-3-5-9-20)15(21)19-12-7-6-11(16)13(17)14(12)18/h6-7,10H,2-5,8-9H2,1H3,(H,19,21)/t10-/m0/s1. The number of carbonyl (C=O) groups is 1. The Labute approximate surface area is 122 Å². The minimum absolute atomic E-state index is 0.333. The largest absolute Gasteiger partial charge is 0.322 e. The van der Waals surface area contributed by atoms with E-state index in [0.29, 0.717) is 0 Å².